The van der Waals surface area contributed by atoms with E-state index in [1.165, 1.54) is 0 Å². The van der Waals surface area contributed by atoms with Crippen molar-refractivity contribution in [3.8, 4) is 45.9 Å². The van der Waals surface area contributed by atoms with E-state index in [4.69, 9.17) is 4.98 Å². The first kappa shape index (κ1) is 27.4. The SMILES string of the molecule is N#Cc1ccc(-n2c3ccccc3c3ccccc32)c(-c2cccc(-c3cccnc3-n3c4ccccc4c4ccccc43)c2C#N)c1. The highest BCUT2D eigenvalue weighted by atomic mass is 15.1. The Kier molecular flexibility index (Phi) is 6.18. The maximum Gasteiger partial charge on any atom is 0.145 e. The predicted molar refractivity (Wildman–Crippen MR) is 193 cm³/mol. The maximum atomic E-state index is 10.9. The van der Waals surface area contributed by atoms with Gasteiger partial charge in [0.05, 0.1) is 45.0 Å². The predicted octanol–water partition coefficient (Wildman–Crippen LogP) is 10.4. The Bertz CT molecular complexity index is 2710. The fraction of sp³-hybridized carbons (Fsp3) is 0. The number of benzene rings is 6. The molecule has 3 aromatic heterocycles. The van der Waals surface area contributed by atoms with E-state index in [-0.39, 0.29) is 0 Å². The van der Waals surface area contributed by atoms with Gasteiger partial charge in [-0.25, -0.2) is 4.98 Å². The molecule has 0 saturated carbocycles. The summed E-state index contributed by atoms with van der Waals surface area (Å²) < 4.78 is 4.43. The standard InChI is InChI=1S/C43H25N5/c44-26-28-22-23-42(47-38-18-5-1-11-31(38)32-12-2-6-19-39(32)47)36(25-28)30-16-9-15-29(37(30)27-45)35-17-10-24-46-43(35)48-40-20-7-3-13-33(40)34-14-4-8-21-41(34)48/h1-25H. The van der Waals surface area contributed by atoms with Gasteiger partial charge in [-0.05, 0) is 54.6 Å². The van der Waals surface area contributed by atoms with Crippen LogP contribution in [0.1, 0.15) is 11.1 Å². The molecule has 9 aromatic rings. The zero-order chi connectivity index (χ0) is 32.2. The van der Waals surface area contributed by atoms with Gasteiger partial charge in [0, 0.05) is 50.0 Å². The molecule has 0 amide bonds. The largest absolute Gasteiger partial charge is 0.309 e. The third-order valence-corrected chi connectivity index (χ3v) is 9.28. The van der Waals surface area contributed by atoms with E-state index in [0.717, 1.165) is 77.4 Å². The molecular formula is C43H25N5. The average Bonchev–Trinajstić information content (AvgIpc) is 3.67. The van der Waals surface area contributed by atoms with Crippen molar-refractivity contribution in [2.75, 3.05) is 0 Å². The summed E-state index contributed by atoms with van der Waals surface area (Å²) >= 11 is 0. The van der Waals surface area contributed by atoms with E-state index in [0.29, 0.717) is 11.1 Å². The number of fused-ring (bicyclic) bond motifs is 6. The first-order valence-corrected chi connectivity index (χ1v) is 15.8. The zero-order valence-electron chi connectivity index (χ0n) is 25.7. The number of aromatic nitrogens is 3. The summed E-state index contributed by atoms with van der Waals surface area (Å²) in [5.74, 6) is 0.747. The molecule has 0 aliphatic carbocycles. The topological polar surface area (TPSA) is 70.3 Å². The van der Waals surface area contributed by atoms with Gasteiger partial charge in [0.15, 0.2) is 0 Å². The van der Waals surface area contributed by atoms with Crippen molar-refractivity contribution in [2.45, 2.75) is 0 Å². The lowest BCUT2D eigenvalue weighted by molar-refractivity contribution is 1.08. The molecule has 5 heteroatoms. The van der Waals surface area contributed by atoms with Gasteiger partial charge >= 0.3 is 0 Å². The van der Waals surface area contributed by atoms with E-state index in [1.807, 2.05) is 72.8 Å². The number of nitriles is 2. The van der Waals surface area contributed by atoms with Crippen LogP contribution in [-0.2, 0) is 0 Å². The molecular weight excluding hydrogens is 587 g/mol. The molecule has 3 heterocycles. The van der Waals surface area contributed by atoms with Crippen LogP contribution < -0.4 is 0 Å². The summed E-state index contributed by atoms with van der Waals surface area (Å²) in [7, 11) is 0. The number of nitrogens with zero attached hydrogens (tertiary/aromatic N) is 5. The van der Waals surface area contributed by atoms with Gasteiger partial charge in [-0.2, -0.15) is 10.5 Å². The maximum absolute atomic E-state index is 10.9. The van der Waals surface area contributed by atoms with Crippen LogP contribution >= 0.6 is 0 Å². The molecule has 9 rings (SSSR count). The molecule has 6 aromatic carbocycles. The molecule has 0 N–H and O–H groups in total. The molecule has 0 unspecified atom stereocenters. The number of para-hydroxylation sites is 4. The van der Waals surface area contributed by atoms with Gasteiger partial charge in [-0.3, -0.25) is 4.57 Å². The number of rotatable bonds is 4. The first-order chi connectivity index (χ1) is 23.8. The van der Waals surface area contributed by atoms with Crippen LogP contribution in [0.25, 0.3) is 77.4 Å². The molecule has 0 aliphatic rings. The minimum atomic E-state index is 0.518. The molecule has 0 saturated heterocycles. The molecule has 0 spiro atoms. The lowest BCUT2D eigenvalue weighted by atomic mass is 9.91. The van der Waals surface area contributed by atoms with Crippen molar-refractivity contribution in [1.82, 2.24) is 14.1 Å². The van der Waals surface area contributed by atoms with E-state index < -0.39 is 0 Å². The molecule has 0 radical (unpaired) electrons. The Morgan fingerprint density at radius 2 is 0.938 bits per heavy atom. The zero-order valence-corrected chi connectivity index (χ0v) is 25.7. The van der Waals surface area contributed by atoms with E-state index >= 15 is 0 Å². The summed E-state index contributed by atoms with van der Waals surface area (Å²) in [5.41, 5.74) is 9.32. The van der Waals surface area contributed by atoms with Crippen LogP contribution in [0.15, 0.2) is 152 Å². The second-order valence-corrected chi connectivity index (χ2v) is 11.8. The van der Waals surface area contributed by atoms with E-state index in [9.17, 15) is 10.5 Å². The molecule has 222 valence electrons. The minimum Gasteiger partial charge on any atom is -0.309 e. The highest BCUT2D eigenvalue weighted by molar-refractivity contribution is 6.11. The van der Waals surface area contributed by atoms with Gasteiger partial charge in [-0.15, -0.1) is 0 Å². The summed E-state index contributed by atoms with van der Waals surface area (Å²) in [5, 5.41) is 25.5. The number of pyridine rings is 1. The third-order valence-electron chi connectivity index (χ3n) is 9.28. The molecule has 5 nitrogen and oxygen atoms in total. The first-order valence-electron chi connectivity index (χ1n) is 15.8. The Hall–Kier alpha value is -6.95. The molecule has 0 atom stereocenters. The van der Waals surface area contributed by atoms with Crippen molar-refractivity contribution in [3.63, 3.8) is 0 Å². The van der Waals surface area contributed by atoms with Gasteiger partial charge < -0.3 is 4.57 Å². The second kappa shape index (κ2) is 10.8. The summed E-state index contributed by atoms with van der Waals surface area (Å²) in [6, 6.07) is 53.9. The van der Waals surface area contributed by atoms with E-state index in [1.54, 1.807) is 6.20 Å². The van der Waals surface area contributed by atoms with Crippen molar-refractivity contribution >= 4 is 43.6 Å². The van der Waals surface area contributed by atoms with Crippen LogP contribution in [0.2, 0.25) is 0 Å². The number of hydrogen-bond donors (Lipinski definition) is 0. The van der Waals surface area contributed by atoms with Gasteiger partial charge in [0.2, 0.25) is 0 Å². The highest BCUT2D eigenvalue weighted by Crippen LogP contribution is 2.41. The average molecular weight is 612 g/mol. The van der Waals surface area contributed by atoms with Gasteiger partial charge in [0.25, 0.3) is 0 Å². The molecule has 0 bridgehead atoms. The Morgan fingerprint density at radius 3 is 1.48 bits per heavy atom. The third kappa shape index (κ3) is 3.99. The lowest BCUT2D eigenvalue weighted by Crippen LogP contribution is -2.02. The second-order valence-electron chi connectivity index (χ2n) is 11.8. The molecule has 0 fully saturated rings. The molecule has 48 heavy (non-hydrogen) atoms. The van der Waals surface area contributed by atoms with Gasteiger partial charge in [-0.1, -0.05) is 91.0 Å². The van der Waals surface area contributed by atoms with Crippen molar-refractivity contribution in [3.05, 3.63) is 163 Å². The minimum absolute atomic E-state index is 0.518. The Labute approximate surface area is 276 Å². The fourth-order valence-electron chi connectivity index (χ4n) is 7.26. The smallest absolute Gasteiger partial charge is 0.145 e. The monoisotopic (exact) mass is 611 g/mol. The summed E-state index contributed by atoms with van der Waals surface area (Å²) in [6.45, 7) is 0. The Balaban J connectivity index is 1.33. The van der Waals surface area contributed by atoms with Crippen molar-refractivity contribution in [2.24, 2.45) is 0 Å². The van der Waals surface area contributed by atoms with Crippen LogP contribution in [0, 0.1) is 22.7 Å². The molecule has 0 aliphatic heterocycles. The quantitative estimate of drug-likeness (QED) is 0.199. The summed E-state index contributed by atoms with van der Waals surface area (Å²) in [4.78, 5) is 4.94. The van der Waals surface area contributed by atoms with Crippen molar-refractivity contribution in [1.29, 1.82) is 10.5 Å². The van der Waals surface area contributed by atoms with Crippen molar-refractivity contribution < 1.29 is 0 Å². The van der Waals surface area contributed by atoms with Crippen LogP contribution in [0.3, 0.4) is 0 Å². The normalized spacial score (nSPS) is 11.3. The van der Waals surface area contributed by atoms with Gasteiger partial charge in [0.1, 0.15) is 11.9 Å². The number of hydrogen-bond acceptors (Lipinski definition) is 3. The lowest BCUT2D eigenvalue weighted by Gasteiger charge is -2.18. The van der Waals surface area contributed by atoms with E-state index in [2.05, 4.69) is 94.1 Å². The fourth-order valence-corrected chi connectivity index (χ4v) is 7.26. The van der Waals surface area contributed by atoms with Crippen LogP contribution in [-0.4, -0.2) is 14.1 Å². The summed E-state index contributed by atoms with van der Waals surface area (Å²) in [6.07, 6.45) is 1.80. The Morgan fingerprint density at radius 1 is 0.438 bits per heavy atom. The highest BCUT2D eigenvalue weighted by Gasteiger charge is 2.22. The van der Waals surface area contributed by atoms with Crippen LogP contribution in [0.5, 0.6) is 0 Å². The van der Waals surface area contributed by atoms with Crippen LogP contribution in [0.4, 0.5) is 0 Å².